The molecule has 0 aromatic carbocycles. The Morgan fingerprint density at radius 3 is 2.62 bits per heavy atom. The average Bonchev–Trinajstić information content (AvgIpc) is 3.13. The predicted octanol–water partition coefficient (Wildman–Crippen LogP) is 2.46. The molecule has 3 amide bonds. The number of carbonyl (C=O) groups excluding carboxylic acids is 3. The molecule has 1 aromatic rings. The Balaban J connectivity index is 1.45. The molecule has 3 aliphatic heterocycles. The van der Waals surface area contributed by atoms with E-state index in [0.29, 0.717) is 52.0 Å². The van der Waals surface area contributed by atoms with Gasteiger partial charge in [-0.25, -0.2) is 0 Å². The number of hydrogen-bond acceptors (Lipinski definition) is 6. The predicted molar refractivity (Wildman–Crippen MR) is 150 cm³/mol. The molecule has 3 aliphatic rings. The van der Waals surface area contributed by atoms with Crippen molar-refractivity contribution in [3.63, 3.8) is 0 Å². The topological polar surface area (TPSA) is 118 Å². The molecule has 4 rings (SSSR count). The molecular formula is C29H46N6O4. The fourth-order valence-corrected chi connectivity index (χ4v) is 6.10. The van der Waals surface area contributed by atoms with Gasteiger partial charge in [-0.1, -0.05) is 26.0 Å². The number of allylic oxidation sites excluding steroid dienone is 2. The van der Waals surface area contributed by atoms with Gasteiger partial charge < -0.3 is 20.7 Å². The summed E-state index contributed by atoms with van der Waals surface area (Å²) in [7, 11) is 1.86. The van der Waals surface area contributed by atoms with Crippen LogP contribution in [0.5, 0.6) is 0 Å². The van der Waals surface area contributed by atoms with Crippen molar-refractivity contribution in [2.45, 2.75) is 78.3 Å². The third kappa shape index (κ3) is 7.08. The first-order valence-electron chi connectivity index (χ1n) is 14.4. The Hall–Kier alpha value is -2.72. The summed E-state index contributed by atoms with van der Waals surface area (Å²) in [5.74, 6) is 0.275. The van der Waals surface area contributed by atoms with Crippen LogP contribution < -0.4 is 16.0 Å². The normalized spacial score (nSPS) is 27.2. The molecule has 0 radical (unpaired) electrons. The highest BCUT2D eigenvalue weighted by Crippen LogP contribution is 2.37. The zero-order valence-corrected chi connectivity index (χ0v) is 24.2. The van der Waals surface area contributed by atoms with Crippen LogP contribution in [-0.2, 0) is 26.2 Å². The smallest absolute Gasteiger partial charge is 0.242 e. The molecule has 1 spiro atoms. The third-order valence-corrected chi connectivity index (χ3v) is 8.68. The Labute approximate surface area is 232 Å². The maximum atomic E-state index is 13.8. The maximum absolute atomic E-state index is 13.8. The first-order chi connectivity index (χ1) is 18.6. The quantitative estimate of drug-likeness (QED) is 0.492. The van der Waals surface area contributed by atoms with Crippen LogP contribution in [0.3, 0.4) is 0 Å². The number of carbonyl (C=O) groups is 3. The average molecular weight is 543 g/mol. The maximum Gasteiger partial charge on any atom is 0.242 e. The minimum Gasteiger partial charge on any atom is -0.381 e. The largest absolute Gasteiger partial charge is 0.381 e. The van der Waals surface area contributed by atoms with Crippen LogP contribution in [0.25, 0.3) is 0 Å². The Kier molecular flexibility index (Phi) is 9.48. The third-order valence-electron chi connectivity index (χ3n) is 8.68. The molecule has 3 atom stereocenters. The van der Waals surface area contributed by atoms with Crippen molar-refractivity contribution >= 4 is 23.4 Å². The van der Waals surface area contributed by atoms with Crippen molar-refractivity contribution in [2.75, 3.05) is 38.2 Å². The molecule has 2 fully saturated rings. The summed E-state index contributed by atoms with van der Waals surface area (Å²) in [6.45, 7) is 10.8. The molecule has 1 aromatic heterocycles. The number of hydrogen-bond donors (Lipinski definition) is 3. The highest BCUT2D eigenvalue weighted by molar-refractivity contribution is 5.93. The number of aryl methyl sites for hydroxylation is 2. The van der Waals surface area contributed by atoms with E-state index in [2.05, 4.69) is 51.9 Å². The van der Waals surface area contributed by atoms with Gasteiger partial charge >= 0.3 is 0 Å². The number of ether oxygens (including phenoxy) is 1. The minimum absolute atomic E-state index is 0.0530. The number of rotatable bonds is 5. The molecule has 10 heteroatoms. The van der Waals surface area contributed by atoms with Crippen molar-refractivity contribution in [1.29, 1.82) is 0 Å². The number of piperidine rings is 1. The summed E-state index contributed by atoms with van der Waals surface area (Å²) in [5.41, 5.74) is 1.88. The number of aromatic nitrogens is 2. The summed E-state index contributed by atoms with van der Waals surface area (Å²) in [4.78, 5) is 42.1. The van der Waals surface area contributed by atoms with E-state index in [1.807, 2.05) is 20.9 Å². The highest BCUT2D eigenvalue weighted by Gasteiger charge is 2.42. The second kappa shape index (κ2) is 12.6. The Morgan fingerprint density at radius 1 is 1.21 bits per heavy atom. The lowest BCUT2D eigenvalue weighted by Crippen LogP contribution is -2.57. The van der Waals surface area contributed by atoms with Gasteiger partial charge in [0.1, 0.15) is 6.04 Å². The molecule has 0 saturated carbocycles. The van der Waals surface area contributed by atoms with Crippen molar-refractivity contribution in [2.24, 2.45) is 24.3 Å². The van der Waals surface area contributed by atoms with Crippen molar-refractivity contribution in [3.8, 4) is 0 Å². The van der Waals surface area contributed by atoms with E-state index in [1.165, 1.54) is 0 Å². The standard InChI is InChI=1S/C29H46N6O4/c1-19(2)16-24-27(37)30-23-9-15-39-18-22(23)8-6-7-10-29(28(38)31-24)11-13-35(14-12-29)17-25(36)32-26-20(3)33-34(5)21(26)4/h6-7,19,22-24H,8-18H2,1-5H3,(H,30,37)(H,31,38)(H,32,36)/b7-6+/t22-,23+,24-/m0/s1. The van der Waals surface area contributed by atoms with E-state index in [1.54, 1.807) is 4.68 Å². The number of amides is 3. The van der Waals surface area contributed by atoms with E-state index in [-0.39, 0.29) is 42.1 Å². The molecule has 216 valence electrons. The fourth-order valence-electron chi connectivity index (χ4n) is 6.10. The van der Waals surface area contributed by atoms with Crippen LogP contribution in [0, 0.1) is 31.1 Å². The van der Waals surface area contributed by atoms with Crippen LogP contribution in [-0.4, -0.2) is 77.3 Å². The second-order valence-electron chi connectivity index (χ2n) is 12.1. The number of nitrogens with one attached hydrogen (secondary N) is 3. The number of anilines is 1. The molecule has 0 aliphatic carbocycles. The Morgan fingerprint density at radius 2 is 1.95 bits per heavy atom. The molecule has 2 saturated heterocycles. The van der Waals surface area contributed by atoms with Crippen LogP contribution in [0.4, 0.5) is 5.69 Å². The summed E-state index contributed by atoms with van der Waals surface area (Å²) in [6.07, 6.45) is 8.38. The van der Waals surface area contributed by atoms with E-state index in [0.717, 1.165) is 29.9 Å². The monoisotopic (exact) mass is 542 g/mol. The number of nitrogens with zero attached hydrogens (tertiary/aromatic N) is 3. The van der Waals surface area contributed by atoms with Gasteiger partial charge in [-0.3, -0.25) is 24.0 Å². The van der Waals surface area contributed by atoms with E-state index in [4.69, 9.17) is 4.74 Å². The van der Waals surface area contributed by atoms with Gasteiger partial charge in [-0.05, 0) is 71.4 Å². The van der Waals surface area contributed by atoms with Gasteiger partial charge in [0.25, 0.3) is 0 Å². The van der Waals surface area contributed by atoms with Gasteiger partial charge in [0.05, 0.1) is 35.6 Å². The van der Waals surface area contributed by atoms with E-state index < -0.39 is 11.5 Å². The first-order valence-corrected chi connectivity index (χ1v) is 14.4. The van der Waals surface area contributed by atoms with Crippen LogP contribution in [0.15, 0.2) is 12.2 Å². The van der Waals surface area contributed by atoms with Crippen LogP contribution in [0.2, 0.25) is 0 Å². The molecule has 10 nitrogen and oxygen atoms in total. The van der Waals surface area contributed by atoms with Gasteiger partial charge in [0, 0.05) is 25.6 Å². The van der Waals surface area contributed by atoms with E-state index >= 15 is 0 Å². The molecular weight excluding hydrogens is 496 g/mol. The van der Waals surface area contributed by atoms with Crippen LogP contribution >= 0.6 is 0 Å². The lowest BCUT2D eigenvalue weighted by atomic mass is 9.74. The van der Waals surface area contributed by atoms with Crippen molar-refractivity contribution in [3.05, 3.63) is 23.5 Å². The van der Waals surface area contributed by atoms with Crippen LogP contribution in [0.1, 0.15) is 63.8 Å². The molecule has 0 unspecified atom stereocenters. The second-order valence-corrected chi connectivity index (χ2v) is 12.1. The van der Waals surface area contributed by atoms with Gasteiger partial charge in [-0.15, -0.1) is 0 Å². The molecule has 0 bridgehead atoms. The zero-order chi connectivity index (χ0) is 28.2. The lowest BCUT2D eigenvalue weighted by molar-refractivity contribution is -0.138. The summed E-state index contributed by atoms with van der Waals surface area (Å²) in [6, 6.07) is -0.500. The summed E-state index contributed by atoms with van der Waals surface area (Å²) < 4.78 is 7.48. The van der Waals surface area contributed by atoms with Gasteiger partial charge in [0.2, 0.25) is 17.7 Å². The summed E-state index contributed by atoms with van der Waals surface area (Å²) >= 11 is 0. The van der Waals surface area contributed by atoms with Crippen molar-refractivity contribution in [1.82, 2.24) is 25.3 Å². The molecule has 4 heterocycles. The Bertz CT molecular complexity index is 1070. The van der Waals surface area contributed by atoms with Crippen molar-refractivity contribution < 1.29 is 19.1 Å². The zero-order valence-electron chi connectivity index (χ0n) is 24.2. The minimum atomic E-state index is -0.600. The van der Waals surface area contributed by atoms with Gasteiger partial charge in [-0.2, -0.15) is 5.10 Å². The highest BCUT2D eigenvalue weighted by atomic mass is 16.5. The van der Waals surface area contributed by atoms with E-state index in [9.17, 15) is 14.4 Å². The number of likely N-dealkylation sites (tertiary alicyclic amines) is 1. The summed E-state index contributed by atoms with van der Waals surface area (Å²) in [5, 5.41) is 13.8. The molecule has 3 N–H and O–H groups in total. The lowest BCUT2D eigenvalue weighted by Gasteiger charge is -2.41. The van der Waals surface area contributed by atoms with Gasteiger partial charge in [0.15, 0.2) is 0 Å². The number of fused-ring (bicyclic) bond motifs is 1. The molecule has 39 heavy (non-hydrogen) atoms. The SMILES string of the molecule is Cc1nn(C)c(C)c1NC(=O)CN1CCC2(C/C=C/C[C@H]3COCC[C@H]3NC(=O)[C@H](CC(C)C)NC2=O)CC1. The fraction of sp³-hybridized carbons (Fsp3) is 0.724. The first kappa shape index (κ1) is 29.3.